The molecule has 0 bridgehead atoms. The van der Waals surface area contributed by atoms with E-state index in [0.29, 0.717) is 21.9 Å². The van der Waals surface area contributed by atoms with Gasteiger partial charge in [-0.25, -0.2) is 0 Å². The number of ketones is 1. The predicted octanol–water partition coefficient (Wildman–Crippen LogP) is 2.96. The van der Waals surface area contributed by atoms with E-state index in [9.17, 15) is 9.59 Å². The van der Waals surface area contributed by atoms with Crippen LogP contribution in [0, 0.1) is 0 Å². The van der Waals surface area contributed by atoms with Gasteiger partial charge in [0.25, 0.3) is 5.91 Å². The summed E-state index contributed by atoms with van der Waals surface area (Å²) in [5.74, 6) is 0.101. The van der Waals surface area contributed by atoms with Crippen LogP contribution >= 0.6 is 11.6 Å². The van der Waals surface area contributed by atoms with Crippen LogP contribution in [0.15, 0.2) is 48.5 Å². The highest BCUT2D eigenvalue weighted by Gasteiger charge is 2.10. The van der Waals surface area contributed by atoms with Crippen LogP contribution in [0.25, 0.3) is 0 Å². The molecule has 0 heterocycles. The van der Waals surface area contributed by atoms with Crippen molar-refractivity contribution >= 4 is 23.3 Å². The molecule has 0 fully saturated rings. The molecule has 0 spiro atoms. The second kappa shape index (κ2) is 6.90. The van der Waals surface area contributed by atoms with E-state index in [1.54, 1.807) is 48.5 Å². The Hall–Kier alpha value is -2.33. The normalized spacial score (nSPS) is 10.0. The molecule has 108 valence electrons. The second-order valence-corrected chi connectivity index (χ2v) is 4.78. The predicted molar refractivity (Wildman–Crippen MR) is 81.1 cm³/mol. The Labute approximate surface area is 127 Å². The third-order valence-corrected chi connectivity index (χ3v) is 3.16. The van der Waals surface area contributed by atoms with Gasteiger partial charge in [0.2, 0.25) is 0 Å². The summed E-state index contributed by atoms with van der Waals surface area (Å²) in [6, 6.07) is 13.3. The topological polar surface area (TPSA) is 55.4 Å². The Bertz CT molecular complexity index is 653. The third-order valence-electron chi connectivity index (χ3n) is 2.91. The van der Waals surface area contributed by atoms with Gasteiger partial charge in [0, 0.05) is 16.1 Å². The van der Waals surface area contributed by atoms with Crippen molar-refractivity contribution in [2.45, 2.75) is 0 Å². The van der Waals surface area contributed by atoms with E-state index in [1.807, 2.05) is 0 Å². The number of Topliss-reactive ketones (excluding diaryl/α,β-unsaturated/α-hetero) is 1. The molecular weight excluding hydrogens is 290 g/mol. The van der Waals surface area contributed by atoms with E-state index in [1.165, 1.54) is 7.11 Å². The summed E-state index contributed by atoms with van der Waals surface area (Å²) in [7, 11) is 1.53. The average Bonchev–Trinajstić information content (AvgIpc) is 2.53. The van der Waals surface area contributed by atoms with Gasteiger partial charge >= 0.3 is 0 Å². The van der Waals surface area contributed by atoms with Crippen molar-refractivity contribution in [3.05, 3.63) is 64.7 Å². The number of halogens is 1. The molecule has 0 aliphatic rings. The second-order valence-electron chi connectivity index (χ2n) is 4.34. The van der Waals surface area contributed by atoms with Crippen LogP contribution in [0.4, 0.5) is 0 Å². The quantitative estimate of drug-likeness (QED) is 0.864. The average molecular weight is 304 g/mol. The first-order chi connectivity index (χ1) is 10.1. The Balaban J connectivity index is 1.97. The standard InChI is InChI=1S/C16H14ClNO3/c1-21-14-4-2-3-12(9-14)15(19)10-18-16(20)11-5-7-13(17)8-6-11/h2-9H,10H2,1H3,(H,18,20). The number of carbonyl (C=O) groups excluding carboxylic acids is 2. The molecule has 0 unspecified atom stereocenters. The van der Waals surface area contributed by atoms with Gasteiger partial charge in [0.1, 0.15) is 5.75 Å². The third kappa shape index (κ3) is 4.07. The molecule has 21 heavy (non-hydrogen) atoms. The highest BCUT2D eigenvalue weighted by Crippen LogP contribution is 2.13. The summed E-state index contributed by atoms with van der Waals surface area (Å²) in [5.41, 5.74) is 0.948. The smallest absolute Gasteiger partial charge is 0.251 e. The largest absolute Gasteiger partial charge is 0.497 e. The van der Waals surface area contributed by atoms with Gasteiger partial charge in [-0.2, -0.15) is 0 Å². The van der Waals surface area contributed by atoms with Crippen molar-refractivity contribution in [3.63, 3.8) is 0 Å². The van der Waals surface area contributed by atoms with E-state index in [2.05, 4.69) is 5.32 Å². The molecule has 0 aromatic heterocycles. The van der Waals surface area contributed by atoms with Crippen LogP contribution < -0.4 is 10.1 Å². The van der Waals surface area contributed by atoms with Crippen LogP contribution in [0.3, 0.4) is 0 Å². The molecule has 2 aromatic carbocycles. The van der Waals surface area contributed by atoms with Crippen LogP contribution in [0.1, 0.15) is 20.7 Å². The molecule has 0 aliphatic heterocycles. The Morgan fingerprint density at radius 1 is 1.10 bits per heavy atom. The fourth-order valence-corrected chi connectivity index (χ4v) is 1.89. The highest BCUT2D eigenvalue weighted by atomic mass is 35.5. The first-order valence-electron chi connectivity index (χ1n) is 6.31. The van der Waals surface area contributed by atoms with Crippen LogP contribution in [0.5, 0.6) is 5.75 Å². The zero-order chi connectivity index (χ0) is 15.2. The zero-order valence-electron chi connectivity index (χ0n) is 11.4. The summed E-state index contributed by atoms with van der Waals surface area (Å²) in [5, 5.41) is 3.14. The number of rotatable bonds is 5. The van der Waals surface area contributed by atoms with Gasteiger partial charge in [-0.05, 0) is 36.4 Å². The fourth-order valence-electron chi connectivity index (χ4n) is 1.76. The minimum absolute atomic E-state index is 0.0748. The molecule has 2 aromatic rings. The summed E-state index contributed by atoms with van der Waals surface area (Å²) in [6.45, 7) is -0.0748. The van der Waals surface area contributed by atoms with Crippen LogP contribution in [-0.2, 0) is 0 Å². The maximum Gasteiger partial charge on any atom is 0.251 e. The molecule has 5 heteroatoms. The van der Waals surface area contributed by atoms with Crippen molar-refractivity contribution in [2.24, 2.45) is 0 Å². The number of amides is 1. The summed E-state index contributed by atoms with van der Waals surface area (Å²) in [4.78, 5) is 23.9. The molecular formula is C16H14ClNO3. The van der Waals surface area contributed by atoms with Crippen molar-refractivity contribution in [1.82, 2.24) is 5.32 Å². The van der Waals surface area contributed by atoms with Crippen LogP contribution in [0.2, 0.25) is 5.02 Å². The Kier molecular flexibility index (Phi) is 4.95. The van der Waals surface area contributed by atoms with Crippen molar-refractivity contribution in [1.29, 1.82) is 0 Å². The van der Waals surface area contributed by atoms with Gasteiger partial charge in [0.05, 0.1) is 13.7 Å². The maximum atomic E-state index is 12.0. The Morgan fingerprint density at radius 2 is 1.81 bits per heavy atom. The number of methoxy groups -OCH3 is 1. The van der Waals surface area contributed by atoms with E-state index < -0.39 is 0 Å². The number of hydrogen-bond acceptors (Lipinski definition) is 3. The summed E-state index contributed by atoms with van der Waals surface area (Å²) < 4.78 is 5.06. The number of carbonyl (C=O) groups is 2. The Morgan fingerprint density at radius 3 is 2.48 bits per heavy atom. The van der Waals surface area contributed by atoms with E-state index in [4.69, 9.17) is 16.3 Å². The zero-order valence-corrected chi connectivity index (χ0v) is 12.2. The first kappa shape index (κ1) is 15.1. The SMILES string of the molecule is COc1cccc(C(=O)CNC(=O)c2ccc(Cl)cc2)c1. The molecule has 1 amide bonds. The van der Waals surface area contributed by atoms with Gasteiger partial charge in [-0.3, -0.25) is 9.59 Å². The van der Waals surface area contributed by atoms with Crippen molar-refractivity contribution in [2.75, 3.05) is 13.7 Å². The lowest BCUT2D eigenvalue weighted by atomic mass is 10.1. The lowest BCUT2D eigenvalue weighted by Gasteiger charge is -2.06. The summed E-state index contributed by atoms with van der Waals surface area (Å²) >= 11 is 5.75. The van der Waals surface area contributed by atoms with E-state index >= 15 is 0 Å². The number of benzene rings is 2. The van der Waals surface area contributed by atoms with E-state index in [0.717, 1.165) is 0 Å². The first-order valence-corrected chi connectivity index (χ1v) is 6.69. The van der Waals surface area contributed by atoms with Gasteiger partial charge in [-0.15, -0.1) is 0 Å². The monoisotopic (exact) mass is 303 g/mol. The van der Waals surface area contributed by atoms with Crippen LogP contribution in [-0.4, -0.2) is 25.3 Å². The van der Waals surface area contributed by atoms with Gasteiger partial charge in [0.15, 0.2) is 5.78 Å². The summed E-state index contributed by atoms with van der Waals surface area (Å²) in [6.07, 6.45) is 0. The lowest BCUT2D eigenvalue weighted by Crippen LogP contribution is -2.29. The molecule has 0 saturated carbocycles. The molecule has 2 rings (SSSR count). The molecule has 0 atom stereocenters. The number of hydrogen-bond donors (Lipinski definition) is 1. The maximum absolute atomic E-state index is 12.0. The molecule has 0 saturated heterocycles. The molecule has 0 aliphatic carbocycles. The minimum atomic E-state index is -0.317. The highest BCUT2D eigenvalue weighted by molar-refractivity contribution is 6.30. The van der Waals surface area contributed by atoms with Crippen molar-refractivity contribution in [3.8, 4) is 5.75 Å². The van der Waals surface area contributed by atoms with E-state index in [-0.39, 0.29) is 18.2 Å². The van der Waals surface area contributed by atoms with Gasteiger partial charge < -0.3 is 10.1 Å². The number of ether oxygens (including phenoxy) is 1. The lowest BCUT2D eigenvalue weighted by molar-refractivity contribution is 0.0904. The van der Waals surface area contributed by atoms with Crippen molar-refractivity contribution < 1.29 is 14.3 Å². The molecule has 4 nitrogen and oxygen atoms in total. The molecule has 1 N–H and O–H groups in total. The fraction of sp³-hybridized carbons (Fsp3) is 0.125. The molecule has 0 radical (unpaired) electrons. The number of nitrogens with one attached hydrogen (secondary N) is 1. The van der Waals surface area contributed by atoms with Gasteiger partial charge in [-0.1, -0.05) is 23.7 Å². The minimum Gasteiger partial charge on any atom is -0.497 e.